The molecule has 0 bridgehead atoms. The molecule has 1 heterocycles. The second-order valence-corrected chi connectivity index (χ2v) is 12.1. The predicted molar refractivity (Wildman–Crippen MR) is 148 cm³/mol. The van der Waals surface area contributed by atoms with Gasteiger partial charge in [0.05, 0.1) is 25.4 Å². The van der Waals surface area contributed by atoms with E-state index in [1.54, 1.807) is 0 Å². The lowest BCUT2D eigenvalue weighted by atomic mass is 9.80. The van der Waals surface area contributed by atoms with Crippen LogP contribution >= 0.6 is 0 Å². The molecule has 7 nitrogen and oxygen atoms in total. The molecule has 0 spiro atoms. The first-order chi connectivity index (χ1) is 18.1. The van der Waals surface area contributed by atoms with Gasteiger partial charge in [0, 0.05) is 19.4 Å². The van der Waals surface area contributed by atoms with Crippen LogP contribution in [0.3, 0.4) is 0 Å². The molecule has 38 heavy (non-hydrogen) atoms. The largest absolute Gasteiger partial charge is 0.469 e. The molecule has 0 aromatic heterocycles. The van der Waals surface area contributed by atoms with Crippen molar-refractivity contribution >= 4 is 11.9 Å². The van der Waals surface area contributed by atoms with Crippen LogP contribution in [-0.4, -0.2) is 55.4 Å². The highest BCUT2D eigenvalue weighted by molar-refractivity contribution is 5.69. The van der Waals surface area contributed by atoms with Gasteiger partial charge in [0.2, 0.25) is 0 Å². The fourth-order valence-corrected chi connectivity index (χ4v) is 5.65. The lowest BCUT2D eigenvalue weighted by molar-refractivity contribution is -0.195. The molecule has 0 aromatic carbocycles. The van der Waals surface area contributed by atoms with Crippen LogP contribution in [0.2, 0.25) is 0 Å². The average Bonchev–Trinajstić information content (AvgIpc) is 3.25. The van der Waals surface area contributed by atoms with Gasteiger partial charge in [-0.3, -0.25) is 9.59 Å². The van der Waals surface area contributed by atoms with E-state index in [9.17, 15) is 14.7 Å². The highest BCUT2D eigenvalue weighted by Crippen LogP contribution is 2.40. The van der Waals surface area contributed by atoms with E-state index in [0.717, 1.165) is 77.2 Å². The van der Waals surface area contributed by atoms with Gasteiger partial charge in [0.15, 0.2) is 6.29 Å². The van der Waals surface area contributed by atoms with Gasteiger partial charge in [0.25, 0.3) is 0 Å². The summed E-state index contributed by atoms with van der Waals surface area (Å²) in [5, 5.41) is 11.0. The first kappa shape index (κ1) is 32.8. The quantitative estimate of drug-likeness (QED) is 0.128. The summed E-state index contributed by atoms with van der Waals surface area (Å²) in [7, 11) is 1.44. The van der Waals surface area contributed by atoms with E-state index < -0.39 is 6.10 Å². The van der Waals surface area contributed by atoms with Crippen LogP contribution in [0.4, 0.5) is 0 Å². The minimum atomic E-state index is -0.579. The maximum Gasteiger partial charge on any atom is 0.306 e. The molecule has 0 amide bonds. The Balaban J connectivity index is 1.89. The highest BCUT2D eigenvalue weighted by atomic mass is 16.7. The Kier molecular flexibility index (Phi) is 14.9. The average molecular weight is 539 g/mol. The number of allylic oxidation sites excluding steroid dienone is 1. The summed E-state index contributed by atoms with van der Waals surface area (Å²) in [5.74, 6) is 0.459. The summed E-state index contributed by atoms with van der Waals surface area (Å²) >= 11 is 0. The van der Waals surface area contributed by atoms with Crippen molar-refractivity contribution < 1.29 is 33.6 Å². The number of hydrogen-bond acceptors (Lipinski definition) is 7. The van der Waals surface area contributed by atoms with E-state index in [1.807, 2.05) is 19.9 Å². The molecule has 1 N–H and O–H groups in total. The number of rotatable bonds is 17. The van der Waals surface area contributed by atoms with E-state index in [4.69, 9.17) is 18.9 Å². The zero-order valence-corrected chi connectivity index (χ0v) is 24.6. The van der Waals surface area contributed by atoms with Crippen molar-refractivity contribution in [3.63, 3.8) is 0 Å². The lowest BCUT2D eigenvalue weighted by Crippen LogP contribution is -2.31. The van der Waals surface area contributed by atoms with E-state index in [-0.39, 0.29) is 35.9 Å². The first-order valence-electron chi connectivity index (χ1n) is 15.0. The fraction of sp³-hybridized carbons (Fsp3) is 0.871. The Labute approximate surface area is 231 Å². The summed E-state index contributed by atoms with van der Waals surface area (Å²) in [5.41, 5.74) is -0.325. The third-order valence-corrected chi connectivity index (χ3v) is 8.08. The molecule has 0 radical (unpaired) electrons. The zero-order valence-electron chi connectivity index (χ0n) is 24.6. The summed E-state index contributed by atoms with van der Waals surface area (Å²) in [6, 6.07) is 0. The minimum absolute atomic E-state index is 0.0917. The van der Waals surface area contributed by atoms with Crippen LogP contribution in [0, 0.1) is 17.3 Å². The summed E-state index contributed by atoms with van der Waals surface area (Å²) in [6.45, 7) is 8.61. The second kappa shape index (κ2) is 17.3. The molecule has 2 fully saturated rings. The van der Waals surface area contributed by atoms with Gasteiger partial charge in [-0.25, -0.2) is 0 Å². The summed E-state index contributed by atoms with van der Waals surface area (Å²) in [6.07, 6.45) is 16.4. The maximum atomic E-state index is 11.9. The van der Waals surface area contributed by atoms with Crippen molar-refractivity contribution in [2.24, 2.45) is 17.3 Å². The van der Waals surface area contributed by atoms with Crippen molar-refractivity contribution in [1.29, 1.82) is 0 Å². The van der Waals surface area contributed by atoms with Crippen LogP contribution < -0.4 is 0 Å². The topological polar surface area (TPSA) is 91.3 Å². The van der Waals surface area contributed by atoms with Crippen molar-refractivity contribution in [2.45, 2.75) is 142 Å². The molecule has 7 heteroatoms. The third-order valence-electron chi connectivity index (χ3n) is 8.08. The SMILES string of the molecule is COC(=O)CCCCCCC1C(C=CC(O)C(C)(C)CCCC(=O)OC(C)C)CCC1OC1CCCCO1. The molecule has 5 atom stereocenters. The third kappa shape index (κ3) is 12.2. The Morgan fingerprint density at radius 1 is 1.00 bits per heavy atom. The molecule has 1 saturated heterocycles. The van der Waals surface area contributed by atoms with Crippen LogP contribution in [0.25, 0.3) is 0 Å². The van der Waals surface area contributed by atoms with Gasteiger partial charge in [-0.1, -0.05) is 45.3 Å². The van der Waals surface area contributed by atoms with Crippen molar-refractivity contribution in [3.8, 4) is 0 Å². The van der Waals surface area contributed by atoms with E-state index in [0.29, 0.717) is 31.1 Å². The van der Waals surface area contributed by atoms with Crippen LogP contribution in [0.5, 0.6) is 0 Å². The van der Waals surface area contributed by atoms with Gasteiger partial charge >= 0.3 is 11.9 Å². The van der Waals surface area contributed by atoms with Gasteiger partial charge in [0.1, 0.15) is 0 Å². The first-order valence-corrected chi connectivity index (χ1v) is 15.0. The number of aliphatic hydroxyl groups excluding tert-OH is 1. The summed E-state index contributed by atoms with van der Waals surface area (Å²) < 4.78 is 22.3. The van der Waals surface area contributed by atoms with E-state index in [2.05, 4.69) is 19.9 Å². The van der Waals surface area contributed by atoms with Gasteiger partial charge in [-0.15, -0.1) is 0 Å². The van der Waals surface area contributed by atoms with Crippen LogP contribution in [0.15, 0.2) is 12.2 Å². The predicted octanol–water partition coefficient (Wildman–Crippen LogP) is 6.50. The number of hydrogen-bond donors (Lipinski definition) is 1. The van der Waals surface area contributed by atoms with Crippen molar-refractivity contribution in [2.75, 3.05) is 13.7 Å². The standard InChI is InChI=1S/C31H54O7/c1-23(2)37-29(34)15-12-21-31(3,4)27(32)20-18-24-17-19-26(38-30-16-10-11-22-36-30)25(24)13-8-6-7-9-14-28(33)35-5/h18,20,23-27,30,32H,6-17,19,21-22H2,1-5H3. The molecule has 1 saturated carbocycles. The molecular formula is C31H54O7. The summed E-state index contributed by atoms with van der Waals surface area (Å²) in [4.78, 5) is 23.2. The number of unbranched alkanes of at least 4 members (excludes halogenated alkanes) is 3. The number of ether oxygens (including phenoxy) is 4. The monoisotopic (exact) mass is 538 g/mol. The van der Waals surface area contributed by atoms with Crippen LogP contribution in [-0.2, 0) is 28.5 Å². The Bertz CT molecular complexity index is 711. The van der Waals surface area contributed by atoms with E-state index >= 15 is 0 Å². The molecule has 0 aromatic rings. The zero-order chi connectivity index (χ0) is 28.0. The van der Waals surface area contributed by atoms with Gasteiger partial charge in [-0.2, -0.15) is 0 Å². The van der Waals surface area contributed by atoms with Gasteiger partial charge < -0.3 is 24.1 Å². The molecule has 1 aliphatic heterocycles. The Hall–Kier alpha value is -1.44. The highest BCUT2D eigenvalue weighted by Gasteiger charge is 2.37. The molecular weight excluding hydrogens is 484 g/mol. The maximum absolute atomic E-state index is 11.9. The number of methoxy groups -OCH3 is 1. The smallest absolute Gasteiger partial charge is 0.306 e. The van der Waals surface area contributed by atoms with E-state index in [1.165, 1.54) is 7.11 Å². The second-order valence-electron chi connectivity index (χ2n) is 12.1. The molecule has 2 rings (SSSR count). The number of carbonyl (C=O) groups excluding carboxylic acids is 2. The van der Waals surface area contributed by atoms with Crippen molar-refractivity contribution in [1.82, 2.24) is 0 Å². The fourth-order valence-electron chi connectivity index (χ4n) is 5.65. The van der Waals surface area contributed by atoms with Crippen LogP contribution in [0.1, 0.15) is 118 Å². The number of aliphatic hydroxyl groups is 1. The Morgan fingerprint density at radius 3 is 2.42 bits per heavy atom. The Morgan fingerprint density at radius 2 is 1.74 bits per heavy atom. The molecule has 5 unspecified atom stereocenters. The van der Waals surface area contributed by atoms with Gasteiger partial charge in [-0.05, 0) is 88.9 Å². The number of esters is 2. The molecule has 1 aliphatic carbocycles. The molecule has 220 valence electrons. The lowest BCUT2D eigenvalue weighted by Gasteiger charge is -2.31. The molecule has 2 aliphatic rings. The normalized spacial score (nSPS) is 25.1. The van der Waals surface area contributed by atoms with Crippen molar-refractivity contribution in [3.05, 3.63) is 12.2 Å². The number of carbonyl (C=O) groups is 2. The minimum Gasteiger partial charge on any atom is -0.469 e.